The van der Waals surface area contributed by atoms with Crippen LogP contribution >= 0.6 is 0 Å². The molecule has 0 aliphatic carbocycles. The Hall–Kier alpha value is -2.24. The monoisotopic (exact) mass is 277 g/mol. The number of benzene rings is 1. The van der Waals surface area contributed by atoms with Crippen LogP contribution < -0.4 is 10.5 Å². The van der Waals surface area contributed by atoms with Crippen molar-refractivity contribution >= 4 is 17.5 Å². The van der Waals surface area contributed by atoms with Crippen LogP contribution in [0.4, 0.5) is 5.69 Å². The molecule has 6 heteroatoms. The number of carbonyl (C=O) groups is 2. The molecule has 2 rings (SSSR count). The van der Waals surface area contributed by atoms with Crippen LogP contribution in [-0.4, -0.2) is 54.4 Å². The van der Waals surface area contributed by atoms with E-state index in [1.807, 2.05) is 0 Å². The highest BCUT2D eigenvalue weighted by Gasteiger charge is 2.22. The zero-order valence-corrected chi connectivity index (χ0v) is 11.5. The maximum absolute atomic E-state index is 12.0. The Morgan fingerprint density at radius 3 is 2.45 bits per heavy atom. The summed E-state index contributed by atoms with van der Waals surface area (Å²) < 4.78 is 5.42. The van der Waals surface area contributed by atoms with Crippen LogP contribution in [0.3, 0.4) is 0 Å². The van der Waals surface area contributed by atoms with Gasteiger partial charge in [-0.2, -0.15) is 0 Å². The number of hydrogen-bond acceptors (Lipinski definition) is 4. The number of ether oxygens (including phenoxy) is 1. The first-order valence-electron chi connectivity index (χ1n) is 6.58. The molecule has 1 saturated heterocycles. The van der Waals surface area contributed by atoms with Gasteiger partial charge in [0, 0.05) is 44.9 Å². The van der Waals surface area contributed by atoms with Gasteiger partial charge in [0.15, 0.2) is 6.61 Å². The number of carbonyl (C=O) groups excluding carboxylic acids is 2. The second-order valence-corrected chi connectivity index (χ2v) is 4.75. The van der Waals surface area contributed by atoms with Gasteiger partial charge < -0.3 is 20.3 Å². The lowest BCUT2D eigenvalue weighted by atomic mass is 10.3. The van der Waals surface area contributed by atoms with Gasteiger partial charge in [-0.1, -0.05) is 6.07 Å². The minimum absolute atomic E-state index is 0.0104. The highest BCUT2D eigenvalue weighted by atomic mass is 16.5. The lowest BCUT2D eigenvalue weighted by Gasteiger charge is -2.34. The fourth-order valence-electron chi connectivity index (χ4n) is 2.11. The summed E-state index contributed by atoms with van der Waals surface area (Å²) in [6, 6.07) is 6.98. The van der Waals surface area contributed by atoms with Crippen LogP contribution in [0.5, 0.6) is 5.75 Å². The second kappa shape index (κ2) is 6.27. The fraction of sp³-hybridized carbons (Fsp3) is 0.429. The molecule has 0 spiro atoms. The lowest BCUT2D eigenvalue weighted by Crippen LogP contribution is -2.51. The average Bonchev–Trinajstić information content (AvgIpc) is 2.45. The van der Waals surface area contributed by atoms with E-state index in [1.54, 1.807) is 41.0 Å². The normalized spacial score (nSPS) is 15.1. The van der Waals surface area contributed by atoms with Crippen molar-refractivity contribution in [3.05, 3.63) is 24.3 Å². The Bertz CT molecular complexity index is 496. The molecule has 6 nitrogen and oxygen atoms in total. The molecule has 1 aromatic carbocycles. The van der Waals surface area contributed by atoms with Crippen LogP contribution in [0, 0.1) is 0 Å². The van der Waals surface area contributed by atoms with Crippen molar-refractivity contribution in [3.8, 4) is 5.75 Å². The summed E-state index contributed by atoms with van der Waals surface area (Å²) in [5, 5.41) is 0. The van der Waals surface area contributed by atoms with E-state index in [9.17, 15) is 9.59 Å². The number of nitrogens with zero attached hydrogens (tertiary/aromatic N) is 2. The molecule has 1 aliphatic heterocycles. The van der Waals surface area contributed by atoms with Crippen LogP contribution in [0.1, 0.15) is 6.92 Å². The Balaban J connectivity index is 1.80. The first kappa shape index (κ1) is 14.2. The van der Waals surface area contributed by atoms with Crippen molar-refractivity contribution in [2.24, 2.45) is 0 Å². The average molecular weight is 277 g/mol. The Labute approximate surface area is 118 Å². The van der Waals surface area contributed by atoms with Gasteiger partial charge in [0.25, 0.3) is 5.91 Å². The van der Waals surface area contributed by atoms with Crippen molar-refractivity contribution < 1.29 is 14.3 Å². The lowest BCUT2D eigenvalue weighted by molar-refractivity contribution is -0.139. The van der Waals surface area contributed by atoms with Crippen LogP contribution in [0.25, 0.3) is 0 Å². The number of hydrogen-bond donors (Lipinski definition) is 1. The number of nitrogens with two attached hydrogens (primary N) is 1. The standard InChI is InChI=1S/C14H19N3O3/c1-11(18)16-5-7-17(8-6-16)14(19)10-20-13-4-2-3-12(15)9-13/h2-4,9H,5-8,10,15H2,1H3. The second-order valence-electron chi connectivity index (χ2n) is 4.75. The number of piperazine rings is 1. The summed E-state index contributed by atoms with van der Waals surface area (Å²) in [7, 11) is 0. The van der Waals surface area contributed by atoms with E-state index in [4.69, 9.17) is 10.5 Å². The molecule has 0 atom stereocenters. The van der Waals surface area contributed by atoms with Gasteiger partial charge in [0.2, 0.25) is 5.91 Å². The predicted molar refractivity (Wildman–Crippen MR) is 75.2 cm³/mol. The van der Waals surface area contributed by atoms with Crippen LogP contribution in [0.2, 0.25) is 0 Å². The van der Waals surface area contributed by atoms with Crippen molar-refractivity contribution in [1.82, 2.24) is 9.80 Å². The third-order valence-corrected chi connectivity index (χ3v) is 3.30. The van der Waals surface area contributed by atoms with Gasteiger partial charge in [-0.25, -0.2) is 0 Å². The van der Waals surface area contributed by atoms with E-state index in [0.717, 1.165) is 0 Å². The molecule has 0 radical (unpaired) electrons. The van der Waals surface area contributed by atoms with Crippen LogP contribution in [-0.2, 0) is 9.59 Å². The maximum atomic E-state index is 12.0. The molecule has 0 unspecified atom stereocenters. The number of amides is 2. The summed E-state index contributed by atoms with van der Waals surface area (Å²) >= 11 is 0. The summed E-state index contributed by atoms with van der Waals surface area (Å²) in [6.45, 7) is 3.81. The SMILES string of the molecule is CC(=O)N1CCN(C(=O)COc2cccc(N)c2)CC1. The zero-order chi connectivity index (χ0) is 14.5. The molecule has 0 aromatic heterocycles. The molecule has 1 fully saturated rings. The van der Waals surface area contributed by atoms with Gasteiger partial charge >= 0.3 is 0 Å². The maximum Gasteiger partial charge on any atom is 0.260 e. The number of rotatable bonds is 3. The predicted octanol–water partition coefficient (Wildman–Crippen LogP) is 0.338. The highest BCUT2D eigenvalue weighted by molar-refractivity contribution is 5.78. The fourth-order valence-corrected chi connectivity index (χ4v) is 2.11. The molecule has 1 aromatic rings. The minimum atomic E-state index is -0.0735. The molecule has 1 heterocycles. The zero-order valence-electron chi connectivity index (χ0n) is 11.5. The van der Waals surface area contributed by atoms with Crippen molar-refractivity contribution in [2.75, 3.05) is 38.5 Å². The van der Waals surface area contributed by atoms with Gasteiger partial charge in [-0.3, -0.25) is 9.59 Å². The highest BCUT2D eigenvalue weighted by Crippen LogP contribution is 2.14. The summed E-state index contributed by atoms with van der Waals surface area (Å²) in [4.78, 5) is 26.7. The van der Waals surface area contributed by atoms with E-state index >= 15 is 0 Å². The molecule has 0 saturated carbocycles. The van der Waals surface area contributed by atoms with Gasteiger partial charge in [0.1, 0.15) is 5.75 Å². The molecule has 2 amide bonds. The Kier molecular flexibility index (Phi) is 4.45. The largest absolute Gasteiger partial charge is 0.484 e. The molecule has 2 N–H and O–H groups in total. The van der Waals surface area contributed by atoms with Gasteiger partial charge in [0.05, 0.1) is 0 Å². The molecule has 20 heavy (non-hydrogen) atoms. The summed E-state index contributed by atoms with van der Waals surface area (Å²) in [5.74, 6) is 0.560. The molecule has 0 bridgehead atoms. The van der Waals surface area contributed by atoms with Gasteiger partial charge in [-0.15, -0.1) is 0 Å². The number of nitrogen functional groups attached to an aromatic ring is 1. The van der Waals surface area contributed by atoms with Crippen molar-refractivity contribution in [2.45, 2.75) is 6.92 Å². The minimum Gasteiger partial charge on any atom is -0.484 e. The van der Waals surface area contributed by atoms with E-state index in [0.29, 0.717) is 37.6 Å². The first-order valence-corrected chi connectivity index (χ1v) is 6.58. The summed E-state index contributed by atoms with van der Waals surface area (Å²) in [6.07, 6.45) is 0. The van der Waals surface area contributed by atoms with E-state index in [2.05, 4.69) is 0 Å². The quantitative estimate of drug-likeness (QED) is 0.808. The topological polar surface area (TPSA) is 75.9 Å². The first-order chi connectivity index (χ1) is 9.56. The van der Waals surface area contributed by atoms with Gasteiger partial charge in [-0.05, 0) is 12.1 Å². The molecule has 108 valence electrons. The Morgan fingerprint density at radius 1 is 1.20 bits per heavy atom. The Morgan fingerprint density at radius 2 is 1.85 bits per heavy atom. The molecular weight excluding hydrogens is 258 g/mol. The van der Waals surface area contributed by atoms with E-state index < -0.39 is 0 Å². The van der Waals surface area contributed by atoms with Crippen molar-refractivity contribution in [1.29, 1.82) is 0 Å². The summed E-state index contributed by atoms with van der Waals surface area (Å²) in [5.41, 5.74) is 6.24. The van der Waals surface area contributed by atoms with Crippen LogP contribution in [0.15, 0.2) is 24.3 Å². The molecule has 1 aliphatic rings. The van der Waals surface area contributed by atoms with E-state index in [-0.39, 0.29) is 18.4 Å². The van der Waals surface area contributed by atoms with E-state index in [1.165, 1.54) is 0 Å². The number of anilines is 1. The third-order valence-electron chi connectivity index (χ3n) is 3.30. The molecular formula is C14H19N3O3. The van der Waals surface area contributed by atoms with Crippen molar-refractivity contribution in [3.63, 3.8) is 0 Å². The smallest absolute Gasteiger partial charge is 0.260 e. The third kappa shape index (κ3) is 3.63.